The Morgan fingerprint density at radius 1 is 1.04 bits per heavy atom. The largest absolute Gasteiger partial charge is 0.216 e. The third kappa shape index (κ3) is 4.56. The average molecular weight is 352 g/mol. The van der Waals surface area contributed by atoms with Gasteiger partial charge in [-0.05, 0) is 61.6 Å². The highest BCUT2D eigenvalue weighted by Gasteiger charge is 2.19. The van der Waals surface area contributed by atoms with Crippen LogP contribution in [0, 0.1) is 20.8 Å². The Balaban J connectivity index is 2.20. The van der Waals surface area contributed by atoms with Gasteiger partial charge in [-0.25, -0.2) is 13.1 Å². The van der Waals surface area contributed by atoms with E-state index in [1.807, 2.05) is 26.8 Å². The summed E-state index contributed by atoms with van der Waals surface area (Å²) in [5, 5.41) is 0.466. The topological polar surface area (TPSA) is 46.2 Å². The van der Waals surface area contributed by atoms with Crippen molar-refractivity contribution < 1.29 is 8.42 Å². The summed E-state index contributed by atoms with van der Waals surface area (Å²) in [5.41, 5.74) is 5.04. The van der Waals surface area contributed by atoms with Crippen molar-refractivity contribution in [2.24, 2.45) is 0 Å². The normalized spacial score (nSPS) is 13.1. The highest BCUT2D eigenvalue weighted by atomic mass is 35.5. The SMILES string of the molecule is Cc1cc(C)c([C@H](C)NS(=O)(=O)Cc2ccccc2Cl)cc1C. The summed E-state index contributed by atoms with van der Waals surface area (Å²) in [7, 11) is -3.48. The van der Waals surface area contributed by atoms with Gasteiger partial charge < -0.3 is 0 Å². The lowest BCUT2D eigenvalue weighted by Crippen LogP contribution is -2.28. The molecule has 0 aliphatic rings. The maximum absolute atomic E-state index is 12.4. The maximum atomic E-state index is 12.4. The van der Waals surface area contributed by atoms with Gasteiger partial charge in [0.1, 0.15) is 0 Å². The van der Waals surface area contributed by atoms with E-state index >= 15 is 0 Å². The minimum absolute atomic E-state index is 0.124. The Morgan fingerprint density at radius 2 is 1.65 bits per heavy atom. The molecule has 0 amide bonds. The number of hydrogen-bond donors (Lipinski definition) is 1. The molecule has 5 heteroatoms. The number of benzene rings is 2. The quantitative estimate of drug-likeness (QED) is 0.865. The molecular formula is C18H22ClNO2S. The van der Waals surface area contributed by atoms with Crippen molar-refractivity contribution >= 4 is 21.6 Å². The van der Waals surface area contributed by atoms with Gasteiger partial charge in [0, 0.05) is 11.1 Å². The second-order valence-electron chi connectivity index (χ2n) is 5.98. The number of sulfonamides is 1. The highest BCUT2D eigenvalue weighted by molar-refractivity contribution is 7.88. The third-order valence-electron chi connectivity index (χ3n) is 4.01. The van der Waals surface area contributed by atoms with Crippen LogP contribution in [0.2, 0.25) is 5.02 Å². The lowest BCUT2D eigenvalue weighted by atomic mass is 9.97. The molecule has 0 aliphatic carbocycles. The van der Waals surface area contributed by atoms with E-state index in [2.05, 4.69) is 17.7 Å². The Hall–Kier alpha value is -1.36. The summed E-state index contributed by atoms with van der Waals surface area (Å²) in [6, 6.07) is 10.8. The van der Waals surface area contributed by atoms with Crippen LogP contribution in [0.1, 0.15) is 40.8 Å². The zero-order valence-electron chi connectivity index (χ0n) is 13.9. The molecule has 2 rings (SSSR count). The Kier molecular flexibility index (Phi) is 5.50. The molecule has 1 atom stereocenters. The molecule has 3 nitrogen and oxygen atoms in total. The molecule has 0 bridgehead atoms. The third-order valence-corrected chi connectivity index (χ3v) is 5.78. The fourth-order valence-corrected chi connectivity index (χ4v) is 4.34. The van der Waals surface area contributed by atoms with E-state index in [1.165, 1.54) is 5.56 Å². The van der Waals surface area contributed by atoms with Gasteiger partial charge in [-0.3, -0.25) is 0 Å². The Labute approximate surface area is 143 Å². The lowest BCUT2D eigenvalue weighted by molar-refractivity contribution is 0.565. The summed E-state index contributed by atoms with van der Waals surface area (Å²) < 4.78 is 27.6. The van der Waals surface area contributed by atoms with E-state index in [1.54, 1.807) is 24.3 Å². The molecule has 0 heterocycles. The molecule has 0 spiro atoms. The molecule has 124 valence electrons. The maximum Gasteiger partial charge on any atom is 0.216 e. The average Bonchev–Trinajstić information content (AvgIpc) is 2.44. The molecule has 0 aromatic heterocycles. The summed E-state index contributed by atoms with van der Waals surface area (Å²) in [6.45, 7) is 7.95. The van der Waals surface area contributed by atoms with E-state index in [9.17, 15) is 8.42 Å². The number of nitrogens with one attached hydrogen (secondary N) is 1. The molecule has 23 heavy (non-hydrogen) atoms. The van der Waals surface area contributed by atoms with Crippen molar-refractivity contribution in [3.05, 3.63) is 69.2 Å². The fourth-order valence-electron chi connectivity index (χ4n) is 2.64. The summed E-state index contributed by atoms with van der Waals surface area (Å²) in [4.78, 5) is 0. The van der Waals surface area contributed by atoms with Gasteiger partial charge in [0.05, 0.1) is 5.75 Å². The van der Waals surface area contributed by atoms with Gasteiger partial charge in [-0.15, -0.1) is 0 Å². The zero-order chi connectivity index (χ0) is 17.2. The molecule has 1 N–H and O–H groups in total. The zero-order valence-corrected chi connectivity index (χ0v) is 15.4. The van der Waals surface area contributed by atoms with E-state index in [-0.39, 0.29) is 11.8 Å². The molecule has 0 radical (unpaired) electrons. The smallest absolute Gasteiger partial charge is 0.212 e. The molecule has 0 saturated carbocycles. The molecule has 0 aliphatic heterocycles. The van der Waals surface area contributed by atoms with Gasteiger partial charge in [0.15, 0.2) is 0 Å². The lowest BCUT2D eigenvalue weighted by Gasteiger charge is -2.18. The number of rotatable bonds is 5. The standard InChI is InChI=1S/C18H22ClNO2S/c1-12-9-14(3)17(10-13(12)2)15(4)20-23(21,22)11-16-7-5-6-8-18(16)19/h5-10,15,20H,11H2,1-4H3/t15-/m0/s1. The molecule has 2 aromatic rings. The van der Waals surface area contributed by atoms with Crippen LogP contribution in [0.3, 0.4) is 0 Å². The monoisotopic (exact) mass is 351 g/mol. The van der Waals surface area contributed by atoms with E-state index in [0.29, 0.717) is 10.6 Å². The van der Waals surface area contributed by atoms with Crippen LogP contribution in [-0.2, 0) is 15.8 Å². The summed E-state index contributed by atoms with van der Waals surface area (Å²) in [6.07, 6.45) is 0. The molecule has 2 aromatic carbocycles. The Bertz CT molecular complexity index is 816. The minimum atomic E-state index is -3.48. The summed E-state index contributed by atoms with van der Waals surface area (Å²) in [5.74, 6) is -0.124. The van der Waals surface area contributed by atoms with Crippen LogP contribution in [-0.4, -0.2) is 8.42 Å². The van der Waals surface area contributed by atoms with Gasteiger partial charge in [0.25, 0.3) is 0 Å². The second-order valence-corrected chi connectivity index (χ2v) is 8.14. The first-order valence-corrected chi connectivity index (χ1v) is 9.54. The van der Waals surface area contributed by atoms with Crippen molar-refractivity contribution in [1.82, 2.24) is 4.72 Å². The number of halogens is 1. The van der Waals surface area contributed by atoms with Crippen LogP contribution >= 0.6 is 11.6 Å². The van der Waals surface area contributed by atoms with Gasteiger partial charge >= 0.3 is 0 Å². The van der Waals surface area contributed by atoms with Crippen molar-refractivity contribution in [2.75, 3.05) is 0 Å². The fraction of sp³-hybridized carbons (Fsp3) is 0.333. The highest BCUT2D eigenvalue weighted by Crippen LogP contribution is 2.23. The first-order chi connectivity index (χ1) is 10.7. The number of aryl methyl sites for hydroxylation is 3. The van der Waals surface area contributed by atoms with Gasteiger partial charge in [-0.2, -0.15) is 0 Å². The van der Waals surface area contributed by atoms with Crippen molar-refractivity contribution in [1.29, 1.82) is 0 Å². The Morgan fingerprint density at radius 3 is 2.30 bits per heavy atom. The molecular weight excluding hydrogens is 330 g/mol. The number of hydrogen-bond acceptors (Lipinski definition) is 2. The van der Waals surface area contributed by atoms with Crippen LogP contribution in [0.5, 0.6) is 0 Å². The predicted octanol–water partition coefficient (Wildman–Crippen LogP) is 4.45. The van der Waals surface area contributed by atoms with Crippen molar-refractivity contribution in [3.8, 4) is 0 Å². The first-order valence-electron chi connectivity index (χ1n) is 7.51. The minimum Gasteiger partial charge on any atom is -0.212 e. The second kappa shape index (κ2) is 7.04. The molecule has 0 fully saturated rings. The first kappa shape index (κ1) is 18.0. The molecule has 0 unspecified atom stereocenters. The molecule has 0 saturated heterocycles. The van der Waals surface area contributed by atoms with Crippen LogP contribution in [0.4, 0.5) is 0 Å². The van der Waals surface area contributed by atoms with E-state index in [4.69, 9.17) is 11.6 Å². The van der Waals surface area contributed by atoms with Crippen LogP contribution in [0.15, 0.2) is 36.4 Å². The van der Waals surface area contributed by atoms with Crippen molar-refractivity contribution in [3.63, 3.8) is 0 Å². The predicted molar refractivity (Wildman–Crippen MR) is 96.3 cm³/mol. The van der Waals surface area contributed by atoms with E-state index < -0.39 is 10.0 Å². The van der Waals surface area contributed by atoms with Gasteiger partial charge in [0.2, 0.25) is 10.0 Å². The summed E-state index contributed by atoms with van der Waals surface area (Å²) >= 11 is 6.06. The van der Waals surface area contributed by atoms with Crippen molar-refractivity contribution in [2.45, 2.75) is 39.5 Å². The van der Waals surface area contributed by atoms with Crippen LogP contribution in [0.25, 0.3) is 0 Å². The van der Waals surface area contributed by atoms with Gasteiger partial charge in [-0.1, -0.05) is 41.9 Å². The van der Waals surface area contributed by atoms with E-state index in [0.717, 1.165) is 16.7 Å². The van der Waals surface area contributed by atoms with Crippen LogP contribution < -0.4 is 4.72 Å².